The molecule has 3 nitrogen and oxygen atoms in total. The fraction of sp³-hybridized carbons (Fsp3) is 0.300. The highest BCUT2D eigenvalue weighted by molar-refractivity contribution is 14.1. The van der Waals surface area contributed by atoms with Gasteiger partial charge in [-0.15, -0.1) is 0 Å². The number of carbonyl (C=O) groups is 1. The second-order valence-corrected chi connectivity index (χ2v) is 4.36. The van der Waals surface area contributed by atoms with Crippen molar-refractivity contribution in [2.24, 2.45) is 5.73 Å². The van der Waals surface area contributed by atoms with Gasteiger partial charge in [0.25, 0.3) is 5.91 Å². The maximum absolute atomic E-state index is 11.6. The van der Waals surface area contributed by atoms with Gasteiger partial charge in [0.1, 0.15) is 0 Å². The zero-order valence-corrected chi connectivity index (χ0v) is 10.1. The Kier molecular flexibility index (Phi) is 4.34. The predicted octanol–water partition coefficient (Wildman–Crippen LogP) is 1.37. The Bertz CT molecular complexity index is 310. The van der Waals surface area contributed by atoms with Crippen LogP contribution in [0.4, 0.5) is 0 Å². The highest BCUT2D eigenvalue weighted by Gasteiger charge is 2.07. The van der Waals surface area contributed by atoms with Crippen LogP contribution >= 0.6 is 22.6 Å². The Morgan fingerprint density at radius 2 is 2.07 bits per heavy atom. The van der Waals surface area contributed by atoms with Crippen LogP contribution in [0.3, 0.4) is 0 Å². The van der Waals surface area contributed by atoms with E-state index < -0.39 is 0 Å². The molecule has 0 saturated carbocycles. The smallest absolute Gasteiger partial charge is 0.251 e. The minimum absolute atomic E-state index is 0.0155. The molecule has 1 aromatic rings. The molecule has 76 valence electrons. The van der Waals surface area contributed by atoms with E-state index in [1.165, 1.54) is 0 Å². The van der Waals surface area contributed by atoms with Crippen molar-refractivity contribution >= 4 is 28.5 Å². The minimum Gasteiger partial charge on any atom is -0.348 e. The summed E-state index contributed by atoms with van der Waals surface area (Å²) in [5.41, 5.74) is 6.08. The van der Waals surface area contributed by atoms with E-state index in [9.17, 15) is 4.79 Å². The van der Waals surface area contributed by atoms with E-state index in [1.807, 2.05) is 19.1 Å². The first-order valence-corrected chi connectivity index (χ1v) is 5.48. The van der Waals surface area contributed by atoms with Gasteiger partial charge in [-0.25, -0.2) is 0 Å². The fourth-order valence-corrected chi connectivity index (χ4v) is 1.33. The summed E-state index contributed by atoms with van der Waals surface area (Å²) < 4.78 is 1.12. The lowest BCUT2D eigenvalue weighted by Crippen LogP contribution is -2.37. The molecule has 0 bridgehead atoms. The number of amides is 1. The van der Waals surface area contributed by atoms with Gasteiger partial charge >= 0.3 is 0 Å². The summed E-state index contributed by atoms with van der Waals surface area (Å²) in [6, 6.07) is 7.44. The first kappa shape index (κ1) is 11.5. The zero-order chi connectivity index (χ0) is 10.6. The van der Waals surface area contributed by atoms with Crippen molar-refractivity contribution in [2.45, 2.75) is 13.0 Å². The quantitative estimate of drug-likeness (QED) is 0.829. The molecule has 0 aromatic heterocycles. The van der Waals surface area contributed by atoms with Gasteiger partial charge in [-0.3, -0.25) is 4.79 Å². The van der Waals surface area contributed by atoms with E-state index in [0.717, 1.165) is 3.57 Å². The third-order valence-corrected chi connectivity index (χ3v) is 2.56. The monoisotopic (exact) mass is 304 g/mol. The van der Waals surface area contributed by atoms with Crippen molar-refractivity contribution < 1.29 is 4.79 Å². The second-order valence-electron chi connectivity index (χ2n) is 3.12. The van der Waals surface area contributed by atoms with Crippen molar-refractivity contribution in [3.8, 4) is 0 Å². The van der Waals surface area contributed by atoms with Gasteiger partial charge in [0.15, 0.2) is 0 Å². The van der Waals surface area contributed by atoms with Crippen LogP contribution < -0.4 is 11.1 Å². The Hall–Kier alpha value is -0.620. The van der Waals surface area contributed by atoms with E-state index in [-0.39, 0.29) is 11.9 Å². The van der Waals surface area contributed by atoms with Crippen molar-refractivity contribution in [3.63, 3.8) is 0 Å². The summed E-state index contributed by atoms with van der Waals surface area (Å²) in [5, 5.41) is 2.80. The Balaban J connectivity index is 2.65. The van der Waals surface area contributed by atoms with Gasteiger partial charge in [-0.05, 0) is 53.8 Å². The average molecular weight is 304 g/mol. The fourth-order valence-electron chi connectivity index (χ4n) is 0.967. The molecule has 14 heavy (non-hydrogen) atoms. The molecule has 4 heteroatoms. The topological polar surface area (TPSA) is 55.1 Å². The first-order chi connectivity index (χ1) is 6.63. The van der Waals surface area contributed by atoms with E-state index in [0.29, 0.717) is 12.1 Å². The summed E-state index contributed by atoms with van der Waals surface area (Å²) >= 11 is 2.20. The van der Waals surface area contributed by atoms with Crippen molar-refractivity contribution in [2.75, 3.05) is 6.54 Å². The number of hydrogen-bond acceptors (Lipinski definition) is 2. The van der Waals surface area contributed by atoms with Gasteiger partial charge in [0.2, 0.25) is 0 Å². The van der Waals surface area contributed by atoms with Crippen LogP contribution in [0.5, 0.6) is 0 Å². The Labute approximate surface area is 97.2 Å². The predicted molar refractivity (Wildman–Crippen MR) is 65.1 cm³/mol. The molecule has 1 amide bonds. The molecule has 1 rings (SSSR count). The van der Waals surface area contributed by atoms with E-state index in [4.69, 9.17) is 5.73 Å². The summed E-state index contributed by atoms with van der Waals surface area (Å²) in [5.74, 6) is -0.0700. The van der Waals surface area contributed by atoms with Gasteiger partial charge in [0, 0.05) is 21.7 Å². The summed E-state index contributed by atoms with van der Waals surface area (Å²) in [6.45, 7) is 2.33. The molecular weight excluding hydrogens is 291 g/mol. The van der Waals surface area contributed by atoms with Crippen LogP contribution in [0.25, 0.3) is 0 Å². The lowest BCUT2D eigenvalue weighted by atomic mass is 10.2. The Morgan fingerprint density at radius 3 is 2.57 bits per heavy atom. The molecule has 1 atom stereocenters. The summed E-state index contributed by atoms with van der Waals surface area (Å²) in [7, 11) is 0. The van der Waals surface area contributed by atoms with Crippen LogP contribution in [-0.4, -0.2) is 18.5 Å². The molecule has 0 fully saturated rings. The van der Waals surface area contributed by atoms with E-state index in [1.54, 1.807) is 12.1 Å². The number of hydrogen-bond donors (Lipinski definition) is 2. The third-order valence-electron chi connectivity index (χ3n) is 1.84. The van der Waals surface area contributed by atoms with Gasteiger partial charge in [0.05, 0.1) is 0 Å². The SMILES string of the molecule is C[C@@H](CN)NC(=O)c1ccc(I)cc1. The van der Waals surface area contributed by atoms with Crippen molar-refractivity contribution in [1.29, 1.82) is 0 Å². The zero-order valence-electron chi connectivity index (χ0n) is 7.96. The standard InChI is InChI=1S/C10H13IN2O/c1-7(6-12)13-10(14)8-2-4-9(11)5-3-8/h2-5,7H,6,12H2,1H3,(H,13,14)/t7-/m0/s1. The third kappa shape index (κ3) is 3.26. The van der Waals surface area contributed by atoms with Gasteiger partial charge < -0.3 is 11.1 Å². The lowest BCUT2D eigenvalue weighted by molar-refractivity contribution is 0.0941. The van der Waals surface area contributed by atoms with E-state index >= 15 is 0 Å². The molecule has 0 radical (unpaired) electrons. The number of benzene rings is 1. The summed E-state index contributed by atoms with van der Waals surface area (Å²) in [4.78, 5) is 11.6. The first-order valence-electron chi connectivity index (χ1n) is 4.40. The molecule has 1 aromatic carbocycles. The van der Waals surface area contributed by atoms with Crippen LogP contribution in [0.15, 0.2) is 24.3 Å². The lowest BCUT2D eigenvalue weighted by Gasteiger charge is -2.10. The molecule has 0 aliphatic rings. The minimum atomic E-state index is -0.0700. The highest BCUT2D eigenvalue weighted by atomic mass is 127. The molecule has 0 saturated heterocycles. The number of rotatable bonds is 3. The molecule has 0 spiro atoms. The van der Waals surface area contributed by atoms with Crippen LogP contribution in [-0.2, 0) is 0 Å². The molecule has 3 N–H and O–H groups in total. The molecular formula is C10H13IN2O. The van der Waals surface area contributed by atoms with Gasteiger partial charge in [-0.2, -0.15) is 0 Å². The highest BCUT2D eigenvalue weighted by Crippen LogP contribution is 2.06. The molecule has 0 heterocycles. The van der Waals surface area contributed by atoms with Crippen LogP contribution in [0.1, 0.15) is 17.3 Å². The molecule has 0 aliphatic carbocycles. The second kappa shape index (κ2) is 5.31. The number of nitrogens with two attached hydrogens (primary N) is 1. The largest absolute Gasteiger partial charge is 0.348 e. The van der Waals surface area contributed by atoms with Crippen molar-refractivity contribution in [3.05, 3.63) is 33.4 Å². The summed E-state index contributed by atoms with van der Waals surface area (Å²) in [6.07, 6.45) is 0. The van der Waals surface area contributed by atoms with E-state index in [2.05, 4.69) is 27.9 Å². The number of carbonyl (C=O) groups excluding carboxylic acids is 1. The maximum Gasteiger partial charge on any atom is 0.251 e. The van der Waals surface area contributed by atoms with Crippen molar-refractivity contribution in [1.82, 2.24) is 5.32 Å². The number of nitrogens with one attached hydrogen (secondary N) is 1. The molecule has 0 aliphatic heterocycles. The van der Waals surface area contributed by atoms with Crippen LogP contribution in [0, 0.1) is 3.57 Å². The normalized spacial score (nSPS) is 12.2. The number of halogens is 1. The maximum atomic E-state index is 11.6. The van der Waals surface area contributed by atoms with Gasteiger partial charge in [-0.1, -0.05) is 0 Å². The Morgan fingerprint density at radius 1 is 1.50 bits per heavy atom. The van der Waals surface area contributed by atoms with Crippen LogP contribution in [0.2, 0.25) is 0 Å². The molecule has 0 unspecified atom stereocenters. The average Bonchev–Trinajstić information content (AvgIpc) is 2.18.